The molecule has 0 bridgehead atoms. The number of ether oxygens (including phenoxy) is 1. The molecule has 1 amide bonds. The number of hydrogen-bond acceptors (Lipinski definition) is 5. The fourth-order valence-electron chi connectivity index (χ4n) is 2.77. The molecular formula is C21H23N3O3S. The van der Waals surface area contributed by atoms with Crippen LogP contribution in [0.15, 0.2) is 58.5 Å². The van der Waals surface area contributed by atoms with Crippen molar-refractivity contribution in [1.82, 2.24) is 9.55 Å². The number of nitrogens with one attached hydrogen (secondary N) is 1. The van der Waals surface area contributed by atoms with Crippen LogP contribution in [0.3, 0.4) is 0 Å². The van der Waals surface area contributed by atoms with Gasteiger partial charge < -0.3 is 10.1 Å². The van der Waals surface area contributed by atoms with E-state index in [1.165, 1.54) is 11.8 Å². The van der Waals surface area contributed by atoms with Crippen LogP contribution in [0.25, 0.3) is 10.9 Å². The summed E-state index contributed by atoms with van der Waals surface area (Å²) in [6, 6.07) is 14.5. The molecule has 0 aliphatic rings. The summed E-state index contributed by atoms with van der Waals surface area (Å²) < 4.78 is 6.79. The zero-order valence-electron chi connectivity index (χ0n) is 16.0. The van der Waals surface area contributed by atoms with Crippen molar-refractivity contribution in [2.75, 3.05) is 18.2 Å². The number of rotatable bonds is 8. The lowest BCUT2D eigenvalue weighted by atomic mass is 10.2. The summed E-state index contributed by atoms with van der Waals surface area (Å²) in [7, 11) is 1.60. The minimum absolute atomic E-state index is 0.0582. The van der Waals surface area contributed by atoms with Gasteiger partial charge in [0, 0.05) is 12.2 Å². The van der Waals surface area contributed by atoms with Crippen LogP contribution in [-0.2, 0) is 11.3 Å². The van der Waals surface area contributed by atoms with Crippen molar-refractivity contribution in [3.63, 3.8) is 0 Å². The van der Waals surface area contributed by atoms with Gasteiger partial charge in [0.2, 0.25) is 5.91 Å². The summed E-state index contributed by atoms with van der Waals surface area (Å²) in [6.45, 7) is 2.67. The second kappa shape index (κ2) is 9.41. The third kappa shape index (κ3) is 4.72. The lowest BCUT2D eigenvalue weighted by Gasteiger charge is -2.13. The van der Waals surface area contributed by atoms with E-state index in [0.717, 1.165) is 18.6 Å². The first-order chi connectivity index (χ1) is 13.6. The number of aromatic nitrogens is 2. The van der Waals surface area contributed by atoms with Gasteiger partial charge in [0.1, 0.15) is 5.75 Å². The van der Waals surface area contributed by atoms with Gasteiger partial charge >= 0.3 is 0 Å². The second-order valence-corrected chi connectivity index (χ2v) is 7.23. The average molecular weight is 398 g/mol. The molecule has 0 saturated carbocycles. The molecule has 1 N–H and O–H groups in total. The molecule has 146 valence electrons. The molecule has 2 aromatic carbocycles. The Labute approximate surface area is 167 Å². The summed E-state index contributed by atoms with van der Waals surface area (Å²) in [5.41, 5.74) is 1.29. The molecule has 0 fully saturated rings. The average Bonchev–Trinajstić information content (AvgIpc) is 2.72. The Bertz CT molecular complexity index is 1020. The normalized spacial score (nSPS) is 10.8. The summed E-state index contributed by atoms with van der Waals surface area (Å²) in [5, 5.41) is 4.02. The molecule has 0 aliphatic heterocycles. The number of amides is 1. The molecule has 0 radical (unpaired) electrons. The van der Waals surface area contributed by atoms with Crippen molar-refractivity contribution < 1.29 is 9.53 Å². The van der Waals surface area contributed by atoms with Gasteiger partial charge in [0.05, 0.1) is 23.8 Å². The van der Waals surface area contributed by atoms with Crippen LogP contribution >= 0.6 is 11.8 Å². The van der Waals surface area contributed by atoms with E-state index in [4.69, 9.17) is 4.74 Å². The highest BCUT2D eigenvalue weighted by Crippen LogP contribution is 2.20. The highest BCUT2D eigenvalue weighted by atomic mass is 32.2. The number of para-hydroxylation sites is 1. The monoisotopic (exact) mass is 397 g/mol. The molecule has 3 aromatic rings. The number of methoxy groups -OCH3 is 1. The molecule has 0 atom stereocenters. The predicted octanol–water partition coefficient (Wildman–Crippen LogP) is 3.94. The van der Waals surface area contributed by atoms with Crippen LogP contribution in [0.2, 0.25) is 0 Å². The van der Waals surface area contributed by atoms with Crippen LogP contribution in [-0.4, -0.2) is 28.3 Å². The second-order valence-electron chi connectivity index (χ2n) is 6.29. The standard InChI is InChI=1S/C21H23N3O3S/c1-3-4-13-24-20(26)17-7-5-6-8-18(17)23-21(24)28-14-19(25)22-15-9-11-16(27-2)12-10-15/h5-12H,3-4,13-14H2,1-2H3,(H,22,25). The zero-order chi connectivity index (χ0) is 19.9. The molecule has 1 aromatic heterocycles. The Morgan fingerprint density at radius 1 is 1.18 bits per heavy atom. The molecule has 6 nitrogen and oxygen atoms in total. The number of carbonyl (C=O) groups is 1. The highest BCUT2D eigenvalue weighted by molar-refractivity contribution is 7.99. The Morgan fingerprint density at radius 2 is 1.93 bits per heavy atom. The van der Waals surface area contributed by atoms with Crippen LogP contribution < -0.4 is 15.6 Å². The number of benzene rings is 2. The molecule has 7 heteroatoms. The van der Waals surface area contributed by atoms with Crippen molar-refractivity contribution >= 4 is 34.3 Å². The molecule has 0 spiro atoms. The van der Waals surface area contributed by atoms with Gasteiger partial charge in [0.15, 0.2) is 5.16 Å². The Kier molecular flexibility index (Phi) is 6.71. The Morgan fingerprint density at radius 3 is 2.64 bits per heavy atom. The van der Waals surface area contributed by atoms with E-state index in [-0.39, 0.29) is 17.2 Å². The fourth-order valence-corrected chi connectivity index (χ4v) is 3.60. The lowest BCUT2D eigenvalue weighted by Crippen LogP contribution is -2.24. The number of anilines is 1. The first kappa shape index (κ1) is 19.9. The van der Waals surface area contributed by atoms with Gasteiger partial charge in [-0.25, -0.2) is 4.98 Å². The van der Waals surface area contributed by atoms with E-state index in [9.17, 15) is 9.59 Å². The van der Waals surface area contributed by atoms with E-state index >= 15 is 0 Å². The SMILES string of the molecule is CCCCn1c(SCC(=O)Nc2ccc(OC)cc2)nc2ccccc2c1=O. The minimum atomic E-state index is -0.153. The van der Waals surface area contributed by atoms with Gasteiger partial charge in [-0.3, -0.25) is 14.2 Å². The number of carbonyl (C=O) groups excluding carboxylic acids is 1. The van der Waals surface area contributed by atoms with Gasteiger partial charge in [-0.15, -0.1) is 0 Å². The third-order valence-electron chi connectivity index (χ3n) is 4.27. The lowest BCUT2D eigenvalue weighted by molar-refractivity contribution is -0.113. The highest BCUT2D eigenvalue weighted by Gasteiger charge is 2.13. The van der Waals surface area contributed by atoms with E-state index < -0.39 is 0 Å². The number of nitrogens with zero attached hydrogens (tertiary/aromatic N) is 2. The third-order valence-corrected chi connectivity index (χ3v) is 5.24. The first-order valence-corrected chi connectivity index (χ1v) is 10.2. The van der Waals surface area contributed by atoms with E-state index in [0.29, 0.717) is 28.3 Å². The maximum absolute atomic E-state index is 12.8. The fraction of sp³-hybridized carbons (Fsp3) is 0.286. The molecular weight excluding hydrogens is 374 g/mol. The molecule has 0 aliphatic carbocycles. The van der Waals surface area contributed by atoms with E-state index in [2.05, 4.69) is 17.2 Å². The molecule has 0 unspecified atom stereocenters. The Hall–Kier alpha value is -2.80. The largest absolute Gasteiger partial charge is 0.497 e. The van der Waals surface area contributed by atoms with Crippen molar-refractivity contribution in [3.05, 3.63) is 58.9 Å². The van der Waals surface area contributed by atoms with Crippen molar-refractivity contribution in [3.8, 4) is 5.75 Å². The maximum atomic E-state index is 12.8. The summed E-state index contributed by atoms with van der Waals surface area (Å²) >= 11 is 1.28. The van der Waals surface area contributed by atoms with Crippen LogP contribution in [0.5, 0.6) is 5.75 Å². The maximum Gasteiger partial charge on any atom is 0.262 e. The minimum Gasteiger partial charge on any atom is -0.497 e. The number of unbranched alkanes of at least 4 members (excludes halogenated alkanes) is 1. The smallest absolute Gasteiger partial charge is 0.262 e. The number of hydrogen-bond donors (Lipinski definition) is 1. The quantitative estimate of drug-likeness (QED) is 0.460. The van der Waals surface area contributed by atoms with Crippen LogP contribution in [0.1, 0.15) is 19.8 Å². The van der Waals surface area contributed by atoms with E-state index in [1.54, 1.807) is 42.0 Å². The molecule has 0 saturated heterocycles. The summed E-state index contributed by atoms with van der Waals surface area (Å²) in [6.07, 6.45) is 1.85. The molecule has 3 rings (SSSR count). The van der Waals surface area contributed by atoms with Gasteiger partial charge in [-0.2, -0.15) is 0 Å². The van der Waals surface area contributed by atoms with Gasteiger partial charge in [-0.05, 0) is 42.8 Å². The summed E-state index contributed by atoms with van der Waals surface area (Å²) in [5.74, 6) is 0.746. The first-order valence-electron chi connectivity index (χ1n) is 9.18. The van der Waals surface area contributed by atoms with Gasteiger partial charge in [-0.1, -0.05) is 37.2 Å². The molecule has 28 heavy (non-hydrogen) atoms. The Balaban J connectivity index is 1.76. The molecule has 1 heterocycles. The predicted molar refractivity (Wildman–Crippen MR) is 113 cm³/mol. The van der Waals surface area contributed by atoms with Gasteiger partial charge in [0.25, 0.3) is 5.56 Å². The number of fused-ring (bicyclic) bond motifs is 1. The van der Waals surface area contributed by atoms with Crippen molar-refractivity contribution in [1.29, 1.82) is 0 Å². The van der Waals surface area contributed by atoms with E-state index in [1.807, 2.05) is 18.2 Å². The van der Waals surface area contributed by atoms with Crippen LogP contribution in [0.4, 0.5) is 5.69 Å². The van der Waals surface area contributed by atoms with Crippen LogP contribution in [0, 0.1) is 0 Å². The number of thioether (sulfide) groups is 1. The summed E-state index contributed by atoms with van der Waals surface area (Å²) in [4.78, 5) is 29.8. The van der Waals surface area contributed by atoms with Crippen molar-refractivity contribution in [2.45, 2.75) is 31.5 Å². The van der Waals surface area contributed by atoms with Crippen molar-refractivity contribution in [2.24, 2.45) is 0 Å². The topological polar surface area (TPSA) is 73.2 Å². The zero-order valence-corrected chi connectivity index (χ0v) is 16.8.